The van der Waals surface area contributed by atoms with Crippen LogP contribution in [0.5, 0.6) is 0 Å². The van der Waals surface area contributed by atoms with Crippen LogP contribution in [-0.4, -0.2) is 18.7 Å². The molecule has 0 saturated heterocycles. The molecule has 0 unspecified atom stereocenters. The SMILES string of the molecule is C=CCn1cnc2c1c(=O)n(Cc1ccco1)c(=O)n2-c1ccc(F)cc1. The maximum absolute atomic E-state index is 13.3. The summed E-state index contributed by atoms with van der Waals surface area (Å²) in [7, 11) is 0. The Morgan fingerprint density at radius 1 is 1.19 bits per heavy atom. The van der Waals surface area contributed by atoms with Gasteiger partial charge < -0.3 is 8.98 Å². The fourth-order valence-corrected chi connectivity index (χ4v) is 2.98. The van der Waals surface area contributed by atoms with Crippen LogP contribution in [0.1, 0.15) is 5.76 Å². The third-order valence-corrected chi connectivity index (χ3v) is 4.20. The summed E-state index contributed by atoms with van der Waals surface area (Å²) < 4.78 is 22.6. The van der Waals surface area contributed by atoms with E-state index in [1.807, 2.05) is 0 Å². The van der Waals surface area contributed by atoms with Crippen molar-refractivity contribution in [2.45, 2.75) is 13.1 Å². The molecule has 3 aromatic heterocycles. The first-order chi connectivity index (χ1) is 13.1. The van der Waals surface area contributed by atoms with Gasteiger partial charge in [0.25, 0.3) is 5.56 Å². The van der Waals surface area contributed by atoms with Crippen molar-refractivity contribution in [2.75, 3.05) is 0 Å². The minimum Gasteiger partial charge on any atom is -0.467 e. The van der Waals surface area contributed by atoms with Crippen LogP contribution >= 0.6 is 0 Å². The number of hydrogen-bond acceptors (Lipinski definition) is 4. The first-order valence-corrected chi connectivity index (χ1v) is 8.20. The molecule has 0 aliphatic rings. The Morgan fingerprint density at radius 3 is 2.63 bits per heavy atom. The highest BCUT2D eigenvalue weighted by Crippen LogP contribution is 2.14. The molecule has 3 heterocycles. The Morgan fingerprint density at radius 2 is 1.96 bits per heavy atom. The van der Waals surface area contributed by atoms with Crippen LogP contribution in [0.2, 0.25) is 0 Å². The van der Waals surface area contributed by atoms with Gasteiger partial charge in [-0.3, -0.25) is 9.36 Å². The van der Waals surface area contributed by atoms with E-state index in [-0.39, 0.29) is 17.7 Å². The average Bonchev–Trinajstić information content (AvgIpc) is 3.31. The molecule has 7 nitrogen and oxygen atoms in total. The van der Waals surface area contributed by atoms with E-state index in [1.54, 1.807) is 22.8 Å². The van der Waals surface area contributed by atoms with Gasteiger partial charge in [-0.1, -0.05) is 6.08 Å². The van der Waals surface area contributed by atoms with E-state index in [0.29, 0.717) is 18.0 Å². The summed E-state index contributed by atoms with van der Waals surface area (Å²) in [6.45, 7) is 4.01. The molecular formula is C19H15FN4O3. The Labute approximate surface area is 152 Å². The predicted octanol–water partition coefficient (Wildman–Crippen LogP) is 2.32. The van der Waals surface area contributed by atoms with Gasteiger partial charge in [-0.05, 0) is 36.4 Å². The molecule has 27 heavy (non-hydrogen) atoms. The highest BCUT2D eigenvalue weighted by molar-refractivity contribution is 5.72. The van der Waals surface area contributed by atoms with Crippen LogP contribution < -0.4 is 11.2 Å². The molecule has 136 valence electrons. The third kappa shape index (κ3) is 2.80. The number of halogens is 1. The number of aromatic nitrogens is 4. The van der Waals surface area contributed by atoms with Gasteiger partial charge in [0.05, 0.1) is 24.8 Å². The lowest BCUT2D eigenvalue weighted by molar-refractivity contribution is 0.482. The summed E-state index contributed by atoms with van der Waals surface area (Å²) >= 11 is 0. The molecule has 4 rings (SSSR count). The molecule has 0 aliphatic carbocycles. The largest absolute Gasteiger partial charge is 0.467 e. The maximum Gasteiger partial charge on any atom is 0.337 e. The Kier molecular flexibility index (Phi) is 4.08. The van der Waals surface area contributed by atoms with Crippen molar-refractivity contribution in [2.24, 2.45) is 0 Å². The van der Waals surface area contributed by atoms with E-state index < -0.39 is 17.1 Å². The van der Waals surface area contributed by atoms with Gasteiger partial charge in [0.2, 0.25) is 0 Å². The number of allylic oxidation sites excluding steroid dienone is 1. The lowest BCUT2D eigenvalue weighted by atomic mass is 10.3. The Hall–Kier alpha value is -3.68. The normalized spacial score (nSPS) is 11.1. The molecule has 1 aromatic carbocycles. The van der Waals surface area contributed by atoms with Gasteiger partial charge in [-0.2, -0.15) is 0 Å². The van der Waals surface area contributed by atoms with Crippen molar-refractivity contribution >= 4 is 11.2 Å². The zero-order valence-corrected chi connectivity index (χ0v) is 14.2. The molecule has 0 fully saturated rings. The number of nitrogens with zero attached hydrogens (tertiary/aromatic N) is 4. The van der Waals surface area contributed by atoms with Crippen LogP contribution in [0.15, 0.2) is 75.6 Å². The van der Waals surface area contributed by atoms with Crippen LogP contribution in [-0.2, 0) is 13.1 Å². The molecule has 4 aromatic rings. The summed E-state index contributed by atoms with van der Waals surface area (Å²) in [5, 5.41) is 0. The van der Waals surface area contributed by atoms with E-state index >= 15 is 0 Å². The van der Waals surface area contributed by atoms with Crippen molar-refractivity contribution in [1.29, 1.82) is 0 Å². The molecular weight excluding hydrogens is 351 g/mol. The molecule has 0 N–H and O–H groups in total. The van der Waals surface area contributed by atoms with Crippen LogP contribution in [0.25, 0.3) is 16.9 Å². The zero-order chi connectivity index (χ0) is 19.0. The summed E-state index contributed by atoms with van der Waals surface area (Å²) in [6, 6.07) is 8.78. The fourth-order valence-electron chi connectivity index (χ4n) is 2.98. The van der Waals surface area contributed by atoms with Gasteiger partial charge in [-0.15, -0.1) is 6.58 Å². The van der Waals surface area contributed by atoms with Crippen molar-refractivity contribution in [3.63, 3.8) is 0 Å². The zero-order valence-electron chi connectivity index (χ0n) is 14.2. The van der Waals surface area contributed by atoms with E-state index in [0.717, 1.165) is 4.57 Å². The standard InChI is InChI=1S/C19H15FN4O3/c1-2-9-22-12-21-17-16(22)18(25)23(11-15-4-3-10-27-15)19(26)24(17)14-7-5-13(20)6-8-14/h2-8,10,12H,1,9,11H2. The molecule has 0 bridgehead atoms. The minimum atomic E-state index is -0.584. The number of furan rings is 1. The first-order valence-electron chi connectivity index (χ1n) is 8.20. The van der Waals surface area contributed by atoms with E-state index in [2.05, 4.69) is 11.6 Å². The Bertz CT molecular complexity index is 1230. The average molecular weight is 366 g/mol. The monoisotopic (exact) mass is 366 g/mol. The highest BCUT2D eigenvalue weighted by Gasteiger charge is 2.19. The number of fused-ring (bicyclic) bond motifs is 1. The van der Waals surface area contributed by atoms with Crippen LogP contribution in [0.3, 0.4) is 0 Å². The summed E-state index contributed by atoms with van der Waals surface area (Å²) in [4.78, 5) is 30.4. The second-order valence-corrected chi connectivity index (χ2v) is 5.92. The van der Waals surface area contributed by atoms with Gasteiger partial charge in [0, 0.05) is 6.54 Å². The molecule has 0 amide bonds. The van der Waals surface area contributed by atoms with Crippen molar-refractivity contribution in [3.8, 4) is 5.69 Å². The van der Waals surface area contributed by atoms with Gasteiger partial charge in [0.1, 0.15) is 11.6 Å². The molecule has 0 atom stereocenters. The topological polar surface area (TPSA) is 75.0 Å². The number of hydrogen-bond donors (Lipinski definition) is 0. The second kappa shape index (κ2) is 6.56. The van der Waals surface area contributed by atoms with Crippen LogP contribution in [0.4, 0.5) is 4.39 Å². The lowest BCUT2D eigenvalue weighted by Gasteiger charge is -2.11. The van der Waals surface area contributed by atoms with Gasteiger partial charge in [0.15, 0.2) is 11.2 Å². The fraction of sp³-hybridized carbons (Fsp3) is 0.105. The van der Waals surface area contributed by atoms with Crippen molar-refractivity contribution < 1.29 is 8.81 Å². The summed E-state index contributed by atoms with van der Waals surface area (Å²) in [5.74, 6) is 0.0399. The number of imidazole rings is 1. The van der Waals surface area contributed by atoms with E-state index in [9.17, 15) is 14.0 Å². The first kappa shape index (κ1) is 16.8. The number of rotatable bonds is 5. The number of benzene rings is 1. The van der Waals surface area contributed by atoms with Gasteiger partial charge in [-0.25, -0.2) is 18.7 Å². The van der Waals surface area contributed by atoms with Crippen LogP contribution in [0, 0.1) is 5.82 Å². The van der Waals surface area contributed by atoms with Crippen molar-refractivity contribution in [1.82, 2.24) is 18.7 Å². The van der Waals surface area contributed by atoms with Crippen molar-refractivity contribution in [3.05, 3.63) is 94.1 Å². The molecule has 0 saturated carbocycles. The van der Waals surface area contributed by atoms with E-state index in [1.165, 1.54) is 41.4 Å². The van der Waals surface area contributed by atoms with E-state index in [4.69, 9.17) is 4.42 Å². The third-order valence-electron chi connectivity index (χ3n) is 4.20. The molecule has 8 heteroatoms. The minimum absolute atomic E-state index is 0.0267. The second-order valence-electron chi connectivity index (χ2n) is 5.92. The van der Waals surface area contributed by atoms with Gasteiger partial charge >= 0.3 is 5.69 Å². The maximum atomic E-state index is 13.3. The summed E-state index contributed by atoms with van der Waals surface area (Å²) in [5.41, 5.74) is -0.202. The molecule has 0 spiro atoms. The summed E-state index contributed by atoms with van der Waals surface area (Å²) in [6.07, 6.45) is 4.58. The highest BCUT2D eigenvalue weighted by atomic mass is 19.1. The molecule has 0 radical (unpaired) electrons. The predicted molar refractivity (Wildman–Crippen MR) is 97.6 cm³/mol. The molecule has 0 aliphatic heterocycles. The Balaban J connectivity index is 2.06. The quantitative estimate of drug-likeness (QED) is 0.508. The smallest absolute Gasteiger partial charge is 0.337 e. The lowest BCUT2D eigenvalue weighted by Crippen LogP contribution is -2.40.